The average molecular weight is 412 g/mol. The van der Waals surface area contributed by atoms with Crippen molar-refractivity contribution in [1.29, 1.82) is 0 Å². The highest BCUT2D eigenvalue weighted by molar-refractivity contribution is 7.98. The Morgan fingerprint density at radius 2 is 1.53 bits per heavy atom. The Hall–Kier alpha value is -3.50. The number of nitrogens with one attached hydrogen (secondary N) is 1. The summed E-state index contributed by atoms with van der Waals surface area (Å²) in [4.78, 5) is 14.3. The summed E-state index contributed by atoms with van der Waals surface area (Å²) in [5, 5.41) is 3.00. The van der Waals surface area contributed by atoms with Gasteiger partial charge < -0.3 is 9.73 Å². The molecular formula is C26H21NO2S. The molecule has 30 heavy (non-hydrogen) atoms. The van der Waals surface area contributed by atoms with Gasteiger partial charge in [-0.2, -0.15) is 0 Å². The van der Waals surface area contributed by atoms with Crippen LogP contribution >= 0.6 is 11.8 Å². The van der Waals surface area contributed by atoms with Crippen molar-refractivity contribution in [1.82, 2.24) is 0 Å². The lowest BCUT2D eigenvalue weighted by molar-refractivity contribution is -0.111. The average Bonchev–Trinajstić information content (AvgIpc) is 3.32. The SMILES string of the molecule is O=C(Nc1ccc(CSc2ccccc2)cc1)/C(=C/c1ccco1)c1ccccc1. The highest BCUT2D eigenvalue weighted by Gasteiger charge is 2.13. The second kappa shape index (κ2) is 9.81. The summed E-state index contributed by atoms with van der Waals surface area (Å²) in [6.45, 7) is 0. The van der Waals surface area contributed by atoms with Crippen molar-refractivity contribution in [2.24, 2.45) is 0 Å². The molecule has 0 aliphatic heterocycles. The van der Waals surface area contributed by atoms with Gasteiger partial charge in [0, 0.05) is 16.3 Å². The van der Waals surface area contributed by atoms with Crippen molar-refractivity contribution in [3.63, 3.8) is 0 Å². The van der Waals surface area contributed by atoms with Gasteiger partial charge in [0.2, 0.25) is 0 Å². The van der Waals surface area contributed by atoms with Crippen molar-refractivity contribution < 1.29 is 9.21 Å². The van der Waals surface area contributed by atoms with E-state index >= 15 is 0 Å². The number of thioether (sulfide) groups is 1. The zero-order chi connectivity index (χ0) is 20.6. The quantitative estimate of drug-likeness (QED) is 0.270. The molecule has 3 nitrogen and oxygen atoms in total. The summed E-state index contributed by atoms with van der Waals surface area (Å²) in [6, 6.07) is 31.5. The van der Waals surface area contributed by atoms with Crippen LogP contribution in [0.5, 0.6) is 0 Å². The van der Waals surface area contributed by atoms with Crippen LogP contribution in [0.25, 0.3) is 11.6 Å². The van der Waals surface area contributed by atoms with Crippen molar-refractivity contribution in [2.75, 3.05) is 5.32 Å². The Bertz CT molecular complexity index is 1100. The lowest BCUT2D eigenvalue weighted by atomic mass is 10.0. The fourth-order valence-electron chi connectivity index (χ4n) is 2.98. The van der Waals surface area contributed by atoms with Crippen LogP contribution in [-0.2, 0) is 10.5 Å². The number of carbonyl (C=O) groups is 1. The van der Waals surface area contributed by atoms with Gasteiger partial charge in [0.1, 0.15) is 5.76 Å². The number of carbonyl (C=O) groups excluding carboxylic acids is 1. The predicted octanol–water partition coefficient (Wildman–Crippen LogP) is 6.75. The third-order valence-corrected chi connectivity index (χ3v) is 5.60. The first kappa shape index (κ1) is 19.8. The summed E-state index contributed by atoms with van der Waals surface area (Å²) >= 11 is 1.79. The third-order valence-electron chi connectivity index (χ3n) is 4.52. The van der Waals surface area contributed by atoms with Crippen molar-refractivity contribution in [2.45, 2.75) is 10.6 Å². The summed E-state index contributed by atoms with van der Waals surface area (Å²) in [6.07, 6.45) is 3.36. The minimum atomic E-state index is -0.177. The zero-order valence-corrected chi connectivity index (χ0v) is 17.1. The maximum absolute atomic E-state index is 13.0. The van der Waals surface area contributed by atoms with E-state index in [0.29, 0.717) is 11.3 Å². The first-order valence-electron chi connectivity index (χ1n) is 9.67. The summed E-state index contributed by atoms with van der Waals surface area (Å²) < 4.78 is 5.41. The highest BCUT2D eigenvalue weighted by Crippen LogP contribution is 2.24. The molecule has 0 spiro atoms. The predicted molar refractivity (Wildman–Crippen MR) is 124 cm³/mol. The van der Waals surface area contributed by atoms with Crippen LogP contribution in [0.3, 0.4) is 0 Å². The molecule has 148 valence electrons. The van der Waals surface area contributed by atoms with Gasteiger partial charge in [-0.1, -0.05) is 60.7 Å². The molecule has 0 fully saturated rings. The Kier molecular flexibility index (Phi) is 6.47. The maximum atomic E-state index is 13.0. The summed E-state index contributed by atoms with van der Waals surface area (Å²) in [5.74, 6) is 1.34. The van der Waals surface area contributed by atoms with E-state index in [0.717, 1.165) is 17.0 Å². The van der Waals surface area contributed by atoms with E-state index in [9.17, 15) is 4.79 Å². The molecule has 0 saturated heterocycles. The normalized spacial score (nSPS) is 11.3. The molecule has 1 heterocycles. The van der Waals surface area contributed by atoms with Gasteiger partial charge in [-0.3, -0.25) is 4.79 Å². The van der Waals surface area contributed by atoms with Gasteiger partial charge >= 0.3 is 0 Å². The van der Waals surface area contributed by atoms with E-state index in [1.165, 1.54) is 10.5 Å². The molecule has 4 heteroatoms. The molecule has 0 radical (unpaired) electrons. The molecule has 4 rings (SSSR count). The highest BCUT2D eigenvalue weighted by atomic mass is 32.2. The largest absolute Gasteiger partial charge is 0.465 e. The van der Waals surface area contributed by atoms with Crippen molar-refractivity contribution >= 4 is 35.0 Å². The molecular weight excluding hydrogens is 390 g/mol. The van der Waals surface area contributed by atoms with Gasteiger partial charge in [-0.05, 0) is 53.6 Å². The van der Waals surface area contributed by atoms with Crippen molar-refractivity contribution in [3.8, 4) is 0 Å². The number of anilines is 1. The van der Waals surface area contributed by atoms with Gasteiger partial charge in [-0.25, -0.2) is 0 Å². The van der Waals surface area contributed by atoms with Gasteiger partial charge in [0.25, 0.3) is 5.91 Å². The number of hydrogen-bond acceptors (Lipinski definition) is 3. The van der Waals surface area contributed by atoms with E-state index in [-0.39, 0.29) is 5.91 Å². The summed E-state index contributed by atoms with van der Waals surface area (Å²) in [5.41, 5.74) is 3.35. The Morgan fingerprint density at radius 1 is 0.833 bits per heavy atom. The number of rotatable bonds is 7. The van der Waals surface area contributed by atoms with E-state index in [1.807, 2.05) is 78.9 Å². The van der Waals surface area contributed by atoms with Crippen LogP contribution in [0.15, 0.2) is 113 Å². The zero-order valence-electron chi connectivity index (χ0n) is 16.3. The topological polar surface area (TPSA) is 42.2 Å². The third kappa shape index (κ3) is 5.31. The Balaban J connectivity index is 1.46. The second-order valence-electron chi connectivity index (χ2n) is 6.69. The van der Waals surface area contributed by atoms with E-state index in [4.69, 9.17) is 4.42 Å². The van der Waals surface area contributed by atoms with Gasteiger partial charge in [0.05, 0.1) is 11.8 Å². The fourth-order valence-corrected chi connectivity index (χ4v) is 3.85. The monoisotopic (exact) mass is 411 g/mol. The molecule has 1 N–H and O–H groups in total. The van der Waals surface area contributed by atoms with E-state index in [2.05, 4.69) is 17.4 Å². The van der Waals surface area contributed by atoms with Gasteiger partial charge in [-0.15, -0.1) is 11.8 Å². The molecule has 0 saturated carbocycles. The molecule has 3 aromatic carbocycles. The van der Waals surface area contributed by atoms with Crippen LogP contribution in [-0.4, -0.2) is 5.91 Å². The Morgan fingerprint density at radius 3 is 2.20 bits per heavy atom. The molecule has 1 amide bonds. The number of furan rings is 1. The molecule has 4 aromatic rings. The molecule has 0 atom stereocenters. The summed E-state index contributed by atoms with van der Waals surface area (Å²) in [7, 11) is 0. The molecule has 0 aliphatic carbocycles. The fraction of sp³-hybridized carbons (Fsp3) is 0.0385. The van der Waals surface area contributed by atoms with Crippen LogP contribution in [0.4, 0.5) is 5.69 Å². The minimum absolute atomic E-state index is 0.177. The van der Waals surface area contributed by atoms with Crippen LogP contribution in [0, 0.1) is 0 Å². The number of benzene rings is 3. The standard InChI is InChI=1S/C26H21NO2S/c28-26(25(18-23-10-7-17-29-23)21-8-3-1-4-9-21)27-22-15-13-20(14-16-22)19-30-24-11-5-2-6-12-24/h1-18H,19H2,(H,27,28)/b25-18+. The van der Waals surface area contributed by atoms with E-state index < -0.39 is 0 Å². The maximum Gasteiger partial charge on any atom is 0.256 e. The molecule has 0 unspecified atom stereocenters. The number of hydrogen-bond donors (Lipinski definition) is 1. The first-order chi connectivity index (χ1) is 14.8. The lowest BCUT2D eigenvalue weighted by Crippen LogP contribution is -2.13. The van der Waals surface area contributed by atoms with E-state index in [1.54, 1.807) is 30.2 Å². The van der Waals surface area contributed by atoms with Crippen LogP contribution in [0.1, 0.15) is 16.9 Å². The second-order valence-corrected chi connectivity index (χ2v) is 7.74. The number of amides is 1. The molecule has 0 bridgehead atoms. The molecule has 1 aromatic heterocycles. The molecule has 0 aliphatic rings. The minimum Gasteiger partial charge on any atom is -0.465 e. The van der Waals surface area contributed by atoms with Crippen LogP contribution < -0.4 is 5.32 Å². The lowest BCUT2D eigenvalue weighted by Gasteiger charge is -2.10. The van der Waals surface area contributed by atoms with Gasteiger partial charge in [0.15, 0.2) is 0 Å². The van der Waals surface area contributed by atoms with Crippen LogP contribution in [0.2, 0.25) is 0 Å². The first-order valence-corrected chi connectivity index (χ1v) is 10.7. The van der Waals surface area contributed by atoms with Crippen molar-refractivity contribution in [3.05, 3.63) is 120 Å². The smallest absolute Gasteiger partial charge is 0.256 e. The Labute approximate surface area is 180 Å².